The molecule has 1 heterocycles. The van der Waals surface area contributed by atoms with Crippen LogP contribution in [0.1, 0.15) is 17.2 Å². The molecule has 4 heteroatoms. The van der Waals surface area contributed by atoms with Gasteiger partial charge in [-0.25, -0.2) is 0 Å². The predicted molar refractivity (Wildman–Crippen MR) is 82.9 cm³/mol. The Labute approximate surface area is 122 Å². The third-order valence-electron chi connectivity index (χ3n) is 3.37. The van der Waals surface area contributed by atoms with Gasteiger partial charge in [0.25, 0.3) is 0 Å². The average molecular weight is 284 g/mol. The van der Waals surface area contributed by atoms with E-state index in [2.05, 4.69) is 29.6 Å². The smallest absolute Gasteiger partial charge is 0.221 e. The molecule has 2 aromatic rings. The molecule has 102 valence electrons. The molecule has 3 nitrogen and oxygen atoms in total. The van der Waals surface area contributed by atoms with Gasteiger partial charge in [-0.1, -0.05) is 30.3 Å². The molecule has 0 radical (unpaired) electrons. The van der Waals surface area contributed by atoms with Crippen molar-refractivity contribution in [3.8, 4) is 0 Å². The fourth-order valence-corrected chi connectivity index (χ4v) is 3.56. The number of thioether (sulfide) groups is 1. The number of nitrogens with two attached hydrogens (primary N) is 1. The van der Waals surface area contributed by atoms with Gasteiger partial charge in [0, 0.05) is 16.3 Å². The van der Waals surface area contributed by atoms with Crippen molar-refractivity contribution in [3.05, 3.63) is 59.7 Å². The van der Waals surface area contributed by atoms with Gasteiger partial charge >= 0.3 is 0 Å². The zero-order valence-corrected chi connectivity index (χ0v) is 11.8. The van der Waals surface area contributed by atoms with Crippen molar-refractivity contribution in [1.29, 1.82) is 0 Å². The first-order valence-electron chi connectivity index (χ1n) is 6.58. The maximum atomic E-state index is 10.9. The lowest BCUT2D eigenvalue weighted by atomic mass is 10.1. The second kappa shape index (κ2) is 5.59. The number of nitrogens with one attached hydrogen (secondary N) is 1. The van der Waals surface area contributed by atoms with Gasteiger partial charge in [-0.3, -0.25) is 4.79 Å². The highest BCUT2D eigenvalue weighted by atomic mass is 32.2. The lowest BCUT2D eigenvalue weighted by Gasteiger charge is -2.15. The fourth-order valence-electron chi connectivity index (χ4n) is 2.40. The molecular formula is C16H16N2OS. The SMILES string of the molecule is NC(=O)Cc1ccc(NC2CSc3ccccc32)cc1. The van der Waals surface area contributed by atoms with Crippen molar-refractivity contribution in [3.63, 3.8) is 0 Å². The summed E-state index contributed by atoms with van der Waals surface area (Å²) in [4.78, 5) is 12.2. The number of primary amides is 1. The quantitative estimate of drug-likeness (QED) is 0.907. The highest BCUT2D eigenvalue weighted by Crippen LogP contribution is 2.39. The van der Waals surface area contributed by atoms with Gasteiger partial charge in [-0.05, 0) is 29.3 Å². The lowest BCUT2D eigenvalue weighted by molar-refractivity contribution is -0.117. The van der Waals surface area contributed by atoms with Crippen LogP contribution >= 0.6 is 11.8 Å². The monoisotopic (exact) mass is 284 g/mol. The van der Waals surface area contributed by atoms with Gasteiger partial charge in [-0.15, -0.1) is 11.8 Å². The Morgan fingerprint density at radius 1 is 1.20 bits per heavy atom. The number of anilines is 1. The molecule has 1 atom stereocenters. The zero-order valence-electron chi connectivity index (χ0n) is 11.0. The Morgan fingerprint density at radius 3 is 2.70 bits per heavy atom. The summed E-state index contributed by atoms with van der Waals surface area (Å²) in [5.41, 5.74) is 8.57. The highest BCUT2D eigenvalue weighted by molar-refractivity contribution is 7.99. The number of fused-ring (bicyclic) bond motifs is 1. The second-order valence-corrected chi connectivity index (χ2v) is 5.95. The molecule has 3 rings (SSSR count). The van der Waals surface area contributed by atoms with E-state index >= 15 is 0 Å². The number of carbonyl (C=O) groups is 1. The van der Waals surface area contributed by atoms with Crippen molar-refractivity contribution in [2.75, 3.05) is 11.1 Å². The first-order valence-corrected chi connectivity index (χ1v) is 7.56. The first kappa shape index (κ1) is 13.1. The minimum absolute atomic E-state index is 0.294. The van der Waals surface area contributed by atoms with Crippen molar-refractivity contribution in [1.82, 2.24) is 0 Å². The van der Waals surface area contributed by atoms with E-state index in [4.69, 9.17) is 5.73 Å². The largest absolute Gasteiger partial charge is 0.377 e. The Bertz CT molecular complexity index is 625. The van der Waals surface area contributed by atoms with E-state index in [-0.39, 0.29) is 5.91 Å². The first-order chi connectivity index (χ1) is 9.72. The molecule has 0 spiro atoms. The van der Waals surface area contributed by atoms with Crippen LogP contribution in [0.3, 0.4) is 0 Å². The van der Waals surface area contributed by atoms with E-state index in [9.17, 15) is 4.79 Å². The molecule has 0 saturated carbocycles. The Kier molecular flexibility index (Phi) is 3.65. The summed E-state index contributed by atoms with van der Waals surface area (Å²) in [5.74, 6) is 0.745. The van der Waals surface area contributed by atoms with E-state index in [0.717, 1.165) is 17.0 Å². The van der Waals surface area contributed by atoms with Gasteiger partial charge in [0.1, 0.15) is 0 Å². The third-order valence-corrected chi connectivity index (χ3v) is 4.56. The van der Waals surface area contributed by atoms with Crippen LogP contribution < -0.4 is 11.1 Å². The van der Waals surface area contributed by atoms with Crippen LogP contribution in [0.4, 0.5) is 5.69 Å². The molecule has 3 N–H and O–H groups in total. The van der Waals surface area contributed by atoms with Crippen LogP contribution in [0, 0.1) is 0 Å². The molecule has 1 aliphatic rings. The maximum absolute atomic E-state index is 10.9. The summed E-state index contributed by atoms with van der Waals surface area (Å²) in [6.07, 6.45) is 0.294. The molecule has 1 unspecified atom stereocenters. The molecule has 0 saturated heterocycles. The van der Waals surface area contributed by atoms with Crippen LogP contribution in [-0.2, 0) is 11.2 Å². The standard InChI is InChI=1S/C16H16N2OS/c17-16(19)9-11-5-7-12(8-6-11)18-14-10-20-15-4-2-1-3-13(14)15/h1-8,14,18H,9-10H2,(H2,17,19). The molecule has 2 aromatic carbocycles. The number of carbonyl (C=O) groups excluding carboxylic acids is 1. The van der Waals surface area contributed by atoms with E-state index in [1.165, 1.54) is 10.5 Å². The average Bonchev–Trinajstić information content (AvgIpc) is 2.84. The molecular weight excluding hydrogens is 268 g/mol. The number of rotatable bonds is 4. The van der Waals surface area contributed by atoms with Crippen LogP contribution in [0.5, 0.6) is 0 Å². The molecule has 20 heavy (non-hydrogen) atoms. The van der Waals surface area contributed by atoms with Gasteiger partial charge in [0.15, 0.2) is 0 Å². The second-order valence-electron chi connectivity index (χ2n) is 4.89. The topological polar surface area (TPSA) is 55.1 Å². The molecule has 0 aromatic heterocycles. The summed E-state index contributed by atoms with van der Waals surface area (Å²) < 4.78 is 0. The highest BCUT2D eigenvalue weighted by Gasteiger charge is 2.22. The van der Waals surface area contributed by atoms with Crippen molar-refractivity contribution >= 4 is 23.4 Å². The van der Waals surface area contributed by atoms with Crippen LogP contribution in [0.25, 0.3) is 0 Å². The van der Waals surface area contributed by atoms with Gasteiger partial charge in [-0.2, -0.15) is 0 Å². The van der Waals surface area contributed by atoms with Crippen LogP contribution in [-0.4, -0.2) is 11.7 Å². The molecule has 1 aliphatic heterocycles. The summed E-state index contributed by atoms with van der Waals surface area (Å²) in [6, 6.07) is 16.7. The number of hydrogen-bond donors (Lipinski definition) is 2. The van der Waals surface area contributed by atoms with Gasteiger partial charge < -0.3 is 11.1 Å². The summed E-state index contributed by atoms with van der Waals surface area (Å²) >= 11 is 1.88. The normalized spacial score (nSPS) is 16.7. The van der Waals surface area contributed by atoms with E-state index < -0.39 is 0 Å². The van der Waals surface area contributed by atoms with Crippen LogP contribution in [0.2, 0.25) is 0 Å². The van der Waals surface area contributed by atoms with Crippen molar-refractivity contribution < 1.29 is 4.79 Å². The van der Waals surface area contributed by atoms with Crippen molar-refractivity contribution in [2.45, 2.75) is 17.4 Å². The number of hydrogen-bond acceptors (Lipinski definition) is 3. The number of amides is 1. The Hall–Kier alpha value is -1.94. The Morgan fingerprint density at radius 2 is 1.95 bits per heavy atom. The summed E-state index contributed by atoms with van der Waals surface area (Å²) in [7, 11) is 0. The molecule has 0 bridgehead atoms. The van der Waals surface area contributed by atoms with Crippen LogP contribution in [0.15, 0.2) is 53.4 Å². The van der Waals surface area contributed by atoms with Crippen molar-refractivity contribution in [2.24, 2.45) is 5.73 Å². The van der Waals surface area contributed by atoms with E-state index in [1.54, 1.807) is 0 Å². The Balaban J connectivity index is 1.71. The summed E-state index contributed by atoms with van der Waals surface area (Å²) in [6.45, 7) is 0. The number of benzene rings is 2. The minimum Gasteiger partial charge on any atom is -0.377 e. The fraction of sp³-hybridized carbons (Fsp3) is 0.188. The zero-order chi connectivity index (χ0) is 13.9. The lowest BCUT2D eigenvalue weighted by Crippen LogP contribution is -2.13. The molecule has 0 aliphatic carbocycles. The third kappa shape index (κ3) is 2.80. The molecule has 0 fully saturated rings. The maximum Gasteiger partial charge on any atom is 0.221 e. The van der Waals surface area contributed by atoms with E-state index in [0.29, 0.717) is 12.5 Å². The predicted octanol–water partition coefficient (Wildman–Crippen LogP) is 2.97. The van der Waals surface area contributed by atoms with Gasteiger partial charge in [0.2, 0.25) is 5.91 Å². The van der Waals surface area contributed by atoms with Gasteiger partial charge in [0.05, 0.1) is 12.5 Å². The summed E-state index contributed by atoms with van der Waals surface area (Å²) in [5, 5.41) is 3.54. The minimum atomic E-state index is -0.299. The van der Waals surface area contributed by atoms with E-state index in [1.807, 2.05) is 36.0 Å². The molecule has 1 amide bonds.